The molecule has 0 radical (unpaired) electrons. The fraction of sp³-hybridized carbons (Fsp3) is 0.118. The predicted molar refractivity (Wildman–Crippen MR) is 87.4 cm³/mol. The average Bonchev–Trinajstić information content (AvgIpc) is 2.98. The zero-order valence-electron chi connectivity index (χ0n) is 12.6. The van der Waals surface area contributed by atoms with Crippen LogP contribution in [0.4, 0.5) is 11.4 Å². The molecule has 0 aliphatic rings. The molecular weight excluding hydrogens is 292 g/mol. The van der Waals surface area contributed by atoms with Crippen LogP contribution in [0, 0.1) is 0 Å². The van der Waals surface area contributed by atoms with Gasteiger partial charge in [0.25, 0.3) is 0 Å². The van der Waals surface area contributed by atoms with Gasteiger partial charge < -0.3 is 10.4 Å². The number of benzene rings is 1. The molecule has 1 aromatic carbocycles. The van der Waals surface area contributed by atoms with Crippen molar-refractivity contribution in [3.8, 4) is 5.69 Å². The summed E-state index contributed by atoms with van der Waals surface area (Å²) >= 11 is 0. The fourth-order valence-corrected chi connectivity index (χ4v) is 2.44. The van der Waals surface area contributed by atoms with E-state index in [0.717, 1.165) is 23.5 Å². The normalized spacial score (nSPS) is 10.5. The van der Waals surface area contributed by atoms with Crippen molar-refractivity contribution in [3.63, 3.8) is 0 Å². The highest BCUT2D eigenvalue weighted by molar-refractivity contribution is 5.94. The molecule has 0 saturated heterocycles. The van der Waals surface area contributed by atoms with Gasteiger partial charge in [0.05, 0.1) is 40.7 Å². The summed E-state index contributed by atoms with van der Waals surface area (Å²) in [7, 11) is 0. The molecule has 6 nitrogen and oxygen atoms in total. The van der Waals surface area contributed by atoms with Crippen molar-refractivity contribution in [3.05, 3.63) is 66.2 Å². The van der Waals surface area contributed by atoms with Gasteiger partial charge in [-0.05, 0) is 24.6 Å². The molecule has 3 aromatic rings. The van der Waals surface area contributed by atoms with Gasteiger partial charge in [-0.1, -0.05) is 25.1 Å². The number of nitrogens with zero attached hydrogens (tertiary/aromatic N) is 3. The van der Waals surface area contributed by atoms with Gasteiger partial charge in [-0.15, -0.1) is 0 Å². The van der Waals surface area contributed by atoms with E-state index in [0.29, 0.717) is 5.69 Å². The Labute approximate surface area is 133 Å². The smallest absolute Gasteiger partial charge is 0.337 e. The molecule has 0 amide bonds. The number of rotatable bonds is 5. The van der Waals surface area contributed by atoms with Crippen LogP contribution in [0.25, 0.3) is 5.69 Å². The van der Waals surface area contributed by atoms with Gasteiger partial charge in [-0.2, -0.15) is 5.10 Å². The lowest BCUT2D eigenvalue weighted by Crippen LogP contribution is -2.05. The van der Waals surface area contributed by atoms with E-state index >= 15 is 0 Å². The quantitative estimate of drug-likeness (QED) is 0.756. The number of aromatic nitrogens is 3. The first-order chi connectivity index (χ1) is 11.2. The van der Waals surface area contributed by atoms with Gasteiger partial charge in [-0.25, -0.2) is 9.48 Å². The van der Waals surface area contributed by atoms with Crippen molar-refractivity contribution >= 4 is 17.3 Å². The van der Waals surface area contributed by atoms with Gasteiger partial charge in [-0.3, -0.25) is 4.98 Å². The summed E-state index contributed by atoms with van der Waals surface area (Å²) in [5.41, 5.74) is 3.32. The maximum Gasteiger partial charge on any atom is 0.337 e. The van der Waals surface area contributed by atoms with Gasteiger partial charge in [0.1, 0.15) is 0 Å². The molecule has 2 N–H and O–H groups in total. The Kier molecular flexibility index (Phi) is 4.05. The van der Waals surface area contributed by atoms with Crippen LogP contribution in [0.3, 0.4) is 0 Å². The molecule has 23 heavy (non-hydrogen) atoms. The number of hydrogen-bond donors (Lipinski definition) is 2. The molecule has 0 atom stereocenters. The topological polar surface area (TPSA) is 80.0 Å². The Morgan fingerprint density at radius 2 is 1.96 bits per heavy atom. The lowest BCUT2D eigenvalue weighted by Gasteiger charge is -2.11. The van der Waals surface area contributed by atoms with Gasteiger partial charge >= 0.3 is 5.97 Å². The molecule has 3 rings (SSSR count). The number of pyridine rings is 1. The SMILES string of the molecule is CCc1c(Nc2cnccc2C(=O)O)cnn1-c1ccccc1. The maximum atomic E-state index is 11.3. The van der Waals surface area contributed by atoms with Crippen LogP contribution in [-0.4, -0.2) is 25.8 Å². The van der Waals surface area contributed by atoms with E-state index in [9.17, 15) is 9.90 Å². The summed E-state index contributed by atoms with van der Waals surface area (Å²) < 4.78 is 1.85. The molecule has 0 unspecified atom stereocenters. The van der Waals surface area contributed by atoms with Crippen LogP contribution in [0.15, 0.2) is 55.0 Å². The third-order valence-corrected chi connectivity index (χ3v) is 3.53. The van der Waals surface area contributed by atoms with Crippen molar-refractivity contribution in [1.82, 2.24) is 14.8 Å². The number of aromatic carboxylic acids is 1. The van der Waals surface area contributed by atoms with Crippen LogP contribution < -0.4 is 5.32 Å². The second-order valence-electron chi connectivity index (χ2n) is 4.96. The van der Waals surface area contributed by atoms with Crippen LogP contribution in [0.1, 0.15) is 23.0 Å². The minimum atomic E-state index is -0.997. The number of anilines is 2. The van der Waals surface area contributed by atoms with E-state index in [1.165, 1.54) is 18.5 Å². The standard InChI is InChI=1S/C17H16N4O2/c1-2-16-15(11-19-21(16)12-6-4-3-5-7-12)20-14-10-18-9-8-13(14)17(22)23/h3-11,20H,2H2,1H3,(H,22,23). The van der Waals surface area contributed by atoms with E-state index in [-0.39, 0.29) is 5.56 Å². The van der Waals surface area contributed by atoms with E-state index in [4.69, 9.17) is 0 Å². The maximum absolute atomic E-state index is 11.3. The number of carbonyl (C=O) groups is 1. The molecule has 6 heteroatoms. The van der Waals surface area contributed by atoms with E-state index in [2.05, 4.69) is 15.4 Å². The van der Waals surface area contributed by atoms with Crippen molar-refractivity contribution in [2.45, 2.75) is 13.3 Å². The minimum Gasteiger partial charge on any atom is -0.478 e. The van der Waals surface area contributed by atoms with E-state index in [1.807, 2.05) is 41.9 Å². The third kappa shape index (κ3) is 2.91. The highest BCUT2D eigenvalue weighted by atomic mass is 16.4. The number of carboxylic acid groups (broad SMARTS) is 1. The van der Waals surface area contributed by atoms with Crippen LogP contribution in [0.5, 0.6) is 0 Å². The minimum absolute atomic E-state index is 0.175. The van der Waals surface area contributed by atoms with Gasteiger partial charge in [0.2, 0.25) is 0 Å². The van der Waals surface area contributed by atoms with Crippen molar-refractivity contribution < 1.29 is 9.90 Å². The second-order valence-corrected chi connectivity index (χ2v) is 4.96. The molecule has 0 saturated carbocycles. The Morgan fingerprint density at radius 3 is 2.65 bits per heavy atom. The first-order valence-corrected chi connectivity index (χ1v) is 7.27. The molecule has 0 aliphatic heterocycles. The lowest BCUT2D eigenvalue weighted by atomic mass is 10.2. The second kappa shape index (κ2) is 6.31. The van der Waals surface area contributed by atoms with Crippen molar-refractivity contribution in [2.75, 3.05) is 5.32 Å². The molecule has 0 fully saturated rings. The van der Waals surface area contributed by atoms with Crippen molar-refractivity contribution in [1.29, 1.82) is 0 Å². The molecule has 2 aromatic heterocycles. The summed E-state index contributed by atoms with van der Waals surface area (Å²) in [5, 5.41) is 16.8. The monoisotopic (exact) mass is 308 g/mol. The molecular formula is C17H16N4O2. The first-order valence-electron chi connectivity index (χ1n) is 7.27. The first kappa shape index (κ1) is 14.8. The number of carboxylic acids is 1. The van der Waals surface area contributed by atoms with Crippen LogP contribution in [0.2, 0.25) is 0 Å². The lowest BCUT2D eigenvalue weighted by molar-refractivity contribution is 0.0698. The van der Waals surface area contributed by atoms with Gasteiger partial charge in [0, 0.05) is 6.20 Å². The highest BCUT2D eigenvalue weighted by Gasteiger charge is 2.14. The third-order valence-electron chi connectivity index (χ3n) is 3.53. The summed E-state index contributed by atoms with van der Waals surface area (Å²) in [6.07, 6.45) is 5.41. The Hall–Kier alpha value is -3.15. The molecule has 0 aliphatic carbocycles. The van der Waals surface area contributed by atoms with E-state index in [1.54, 1.807) is 6.20 Å². The molecule has 2 heterocycles. The van der Waals surface area contributed by atoms with Crippen LogP contribution >= 0.6 is 0 Å². The Morgan fingerprint density at radius 1 is 1.17 bits per heavy atom. The van der Waals surface area contributed by atoms with Crippen LogP contribution in [-0.2, 0) is 6.42 Å². The number of hydrogen-bond acceptors (Lipinski definition) is 4. The zero-order chi connectivity index (χ0) is 16.2. The zero-order valence-corrected chi connectivity index (χ0v) is 12.6. The Bertz CT molecular complexity index is 828. The summed E-state index contributed by atoms with van der Waals surface area (Å²) in [4.78, 5) is 15.3. The summed E-state index contributed by atoms with van der Waals surface area (Å²) in [6.45, 7) is 2.03. The summed E-state index contributed by atoms with van der Waals surface area (Å²) in [5.74, 6) is -0.997. The number of nitrogens with one attached hydrogen (secondary N) is 1. The molecule has 0 spiro atoms. The predicted octanol–water partition coefficient (Wildman–Crippen LogP) is 3.27. The Balaban J connectivity index is 1.99. The highest BCUT2D eigenvalue weighted by Crippen LogP contribution is 2.25. The number of para-hydroxylation sites is 1. The molecule has 116 valence electrons. The summed E-state index contributed by atoms with van der Waals surface area (Å²) in [6, 6.07) is 11.3. The average molecular weight is 308 g/mol. The van der Waals surface area contributed by atoms with E-state index < -0.39 is 5.97 Å². The molecule has 0 bridgehead atoms. The largest absolute Gasteiger partial charge is 0.478 e. The van der Waals surface area contributed by atoms with Crippen molar-refractivity contribution in [2.24, 2.45) is 0 Å². The van der Waals surface area contributed by atoms with Gasteiger partial charge in [0.15, 0.2) is 0 Å². The fourth-order valence-electron chi connectivity index (χ4n) is 2.44.